The summed E-state index contributed by atoms with van der Waals surface area (Å²) in [6.45, 7) is 7.81. The number of hydrogen-bond acceptors (Lipinski definition) is 5. The van der Waals surface area contributed by atoms with E-state index in [1.54, 1.807) is 0 Å². The van der Waals surface area contributed by atoms with Crippen LogP contribution in [0.1, 0.15) is 22.7 Å². The van der Waals surface area contributed by atoms with Crippen LogP contribution in [0.4, 0.5) is 5.69 Å². The lowest BCUT2D eigenvalue weighted by Gasteiger charge is -2.09. The predicted molar refractivity (Wildman–Crippen MR) is 108 cm³/mol. The molecule has 7 heteroatoms. The summed E-state index contributed by atoms with van der Waals surface area (Å²) in [5.74, 6) is 1.82. The Balaban J connectivity index is 1.57. The van der Waals surface area contributed by atoms with Gasteiger partial charge in [-0.3, -0.25) is 9.20 Å². The van der Waals surface area contributed by atoms with Gasteiger partial charge in [-0.2, -0.15) is 0 Å². The van der Waals surface area contributed by atoms with Crippen LogP contribution in [0.15, 0.2) is 39.8 Å². The second kappa shape index (κ2) is 6.74. The van der Waals surface area contributed by atoms with Crippen molar-refractivity contribution in [2.24, 2.45) is 0 Å². The molecule has 27 heavy (non-hydrogen) atoms. The van der Waals surface area contributed by atoms with Crippen molar-refractivity contribution in [1.82, 2.24) is 14.6 Å². The zero-order chi connectivity index (χ0) is 19.1. The summed E-state index contributed by atoms with van der Waals surface area (Å²) in [6.07, 6.45) is 0. The number of furan rings is 1. The molecule has 0 spiro atoms. The number of rotatable bonds is 4. The highest BCUT2D eigenvalue weighted by Gasteiger charge is 2.16. The van der Waals surface area contributed by atoms with Gasteiger partial charge in [0, 0.05) is 17.8 Å². The number of benzene rings is 1. The number of thioether (sulfide) groups is 1. The molecule has 6 nitrogen and oxygen atoms in total. The number of aryl methyl sites for hydroxylation is 4. The number of nitrogens with one attached hydrogen (secondary N) is 1. The van der Waals surface area contributed by atoms with Crippen LogP contribution >= 0.6 is 11.8 Å². The van der Waals surface area contributed by atoms with Gasteiger partial charge in [0.1, 0.15) is 16.6 Å². The number of fused-ring (bicyclic) bond motifs is 3. The summed E-state index contributed by atoms with van der Waals surface area (Å²) in [7, 11) is 0. The average molecular weight is 380 g/mol. The van der Waals surface area contributed by atoms with Gasteiger partial charge < -0.3 is 9.73 Å². The number of carbonyl (C=O) groups is 1. The first-order chi connectivity index (χ1) is 12.9. The van der Waals surface area contributed by atoms with Gasteiger partial charge in [-0.25, -0.2) is 0 Å². The van der Waals surface area contributed by atoms with E-state index in [-0.39, 0.29) is 11.7 Å². The molecule has 3 aromatic heterocycles. The summed E-state index contributed by atoms with van der Waals surface area (Å²) >= 11 is 1.37. The minimum Gasteiger partial charge on any atom is -0.460 e. The number of nitrogens with zero attached hydrogens (tertiary/aromatic N) is 3. The SMILES string of the molecule is Cc1ccc(C)c(NC(=O)CSc2nnc(C)n3c2cc2oc(C)cc23)c1. The smallest absolute Gasteiger partial charge is 0.234 e. The van der Waals surface area contributed by atoms with Crippen molar-refractivity contribution in [1.29, 1.82) is 0 Å². The third-order valence-electron chi connectivity index (χ3n) is 4.45. The van der Waals surface area contributed by atoms with Crippen LogP contribution in [-0.4, -0.2) is 26.3 Å². The van der Waals surface area contributed by atoms with Crippen LogP contribution in [0.5, 0.6) is 0 Å². The van der Waals surface area contributed by atoms with Gasteiger partial charge in [-0.1, -0.05) is 23.9 Å². The van der Waals surface area contributed by atoms with E-state index in [1.165, 1.54) is 11.8 Å². The number of anilines is 1. The van der Waals surface area contributed by atoms with E-state index in [2.05, 4.69) is 15.5 Å². The Kier molecular flexibility index (Phi) is 4.39. The van der Waals surface area contributed by atoms with Crippen LogP contribution in [-0.2, 0) is 4.79 Å². The van der Waals surface area contributed by atoms with Crippen molar-refractivity contribution in [3.05, 3.63) is 53.0 Å². The highest BCUT2D eigenvalue weighted by atomic mass is 32.2. The van der Waals surface area contributed by atoms with Crippen molar-refractivity contribution in [2.75, 3.05) is 11.1 Å². The maximum Gasteiger partial charge on any atom is 0.234 e. The predicted octanol–water partition coefficient (Wildman–Crippen LogP) is 4.44. The molecule has 1 N–H and O–H groups in total. The number of amides is 1. The number of aromatic nitrogens is 3. The molecule has 1 aromatic carbocycles. The quantitative estimate of drug-likeness (QED) is 0.530. The topological polar surface area (TPSA) is 72.4 Å². The maximum atomic E-state index is 12.4. The summed E-state index contributed by atoms with van der Waals surface area (Å²) in [5, 5.41) is 12.2. The summed E-state index contributed by atoms with van der Waals surface area (Å²) < 4.78 is 7.74. The standard InChI is InChI=1S/C20H20N4O2S/c1-11-5-6-12(2)15(7-11)21-19(25)10-27-20-17-9-18-16(8-13(3)26-18)24(17)14(4)22-23-20/h5-9H,10H2,1-4H3,(H,21,25). The molecule has 138 valence electrons. The third kappa shape index (κ3) is 3.30. The first kappa shape index (κ1) is 17.6. The minimum absolute atomic E-state index is 0.0692. The Morgan fingerprint density at radius 2 is 1.93 bits per heavy atom. The molecule has 0 saturated carbocycles. The lowest BCUT2D eigenvalue weighted by atomic mass is 10.1. The first-order valence-electron chi connectivity index (χ1n) is 8.67. The Morgan fingerprint density at radius 1 is 1.11 bits per heavy atom. The van der Waals surface area contributed by atoms with Gasteiger partial charge in [-0.05, 0) is 44.9 Å². The van der Waals surface area contributed by atoms with Crippen molar-refractivity contribution >= 4 is 40.0 Å². The van der Waals surface area contributed by atoms with E-state index in [0.29, 0.717) is 5.03 Å². The van der Waals surface area contributed by atoms with Crippen LogP contribution in [0, 0.1) is 27.7 Å². The molecule has 0 saturated heterocycles. The fourth-order valence-corrected chi connectivity index (χ4v) is 3.87. The highest BCUT2D eigenvalue weighted by Crippen LogP contribution is 2.30. The third-order valence-corrected chi connectivity index (χ3v) is 5.42. The number of carbonyl (C=O) groups excluding carboxylic acids is 1. The molecule has 1 amide bonds. The molecule has 0 radical (unpaired) electrons. The van der Waals surface area contributed by atoms with Crippen LogP contribution < -0.4 is 5.32 Å². The Bertz CT molecular complexity index is 1180. The normalized spacial score (nSPS) is 11.4. The average Bonchev–Trinajstić information content (AvgIpc) is 3.14. The Hall–Kier alpha value is -2.80. The van der Waals surface area contributed by atoms with E-state index in [9.17, 15) is 4.79 Å². The molecule has 4 rings (SSSR count). The van der Waals surface area contributed by atoms with Crippen molar-refractivity contribution in [2.45, 2.75) is 32.7 Å². The monoisotopic (exact) mass is 380 g/mol. The van der Waals surface area contributed by atoms with Gasteiger partial charge in [-0.15, -0.1) is 10.2 Å². The molecule has 0 aliphatic heterocycles. The van der Waals surface area contributed by atoms with Crippen molar-refractivity contribution in [3.63, 3.8) is 0 Å². The molecular weight excluding hydrogens is 360 g/mol. The Labute approximate surface area is 161 Å². The Morgan fingerprint density at radius 3 is 2.74 bits per heavy atom. The van der Waals surface area contributed by atoms with E-state index >= 15 is 0 Å². The first-order valence-corrected chi connectivity index (χ1v) is 9.66. The lowest BCUT2D eigenvalue weighted by Crippen LogP contribution is -2.15. The molecular formula is C20H20N4O2S. The fourth-order valence-electron chi connectivity index (χ4n) is 3.13. The van der Waals surface area contributed by atoms with Crippen LogP contribution in [0.3, 0.4) is 0 Å². The van der Waals surface area contributed by atoms with Crippen molar-refractivity contribution in [3.8, 4) is 0 Å². The summed E-state index contributed by atoms with van der Waals surface area (Å²) in [4.78, 5) is 12.4. The molecule has 0 aliphatic rings. The second-order valence-electron chi connectivity index (χ2n) is 6.68. The van der Waals surface area contributed by atoms with E-state index < -0.39 is 0 Å². The van der Waals surface area contributed by atoms with Gasteiger partial charge in [0.25, 0.3) is 0 Å². The molecule has 3 heterocycles. The summed E-state index contributed by atoms with van der Waals surface area (Å²) in [5.41, 5.74) is 5.67. The second-order valence-corrected chi connectivity index (χ2v) is 7.64. The van der Waals surface area contributed by atoms with Crippen molar-refractivity contribution < 1.29 is 9.21 Å². The molecule has 0 bridgehead atoms. The fraction of sp³-hybridized carbons (Fsp3) is 0.250. The largest absolute Gasteiger partial charge is 0.460 e. The molecule has 0 atom stereocenters. The van der Waals surface area contributed by atoms with Gasteiger partial charge in [0.15, 0.2) is 5.58 Å². The van der Waals surface area contributed by atoms with E-state index in [4.69, 9.17) is 4.42 Å². The van der Waals surface area contributed by atoms with Crippen LogP contribution in [0.25, 0.3) is 16.6 Å². The lowest BCUT2D eigenvalue weighted by molar-refractivity contribution is -0.113. The zero-order valence-corrected chi connectivity index (χ0v) is 16.5. The zero-order valence-electron chi connectivity index (χ0n) is 15.7. The van der Waals surface area contributed by atoms with Crippen LogP contribution in [0.2, 0.25) is 0 Å². The van der Waals surface area contributed by atoms with E-state index in [1.807, 2.05) is 62.4 Å². The summed E-state index contributed by atoms with van der Waals surface area (Å²) in [6, 6.07) is 9.95. The van der Waals surface area contributed by atoms with E-state index in [0.717, 1.165) is 45.0 Å². The number of hydrogen-bond donors (Lipinski definition) is 1. The highest BCUT2D eigenvalue weighted by molar-refractivity contribution is 8.00. The molecule has 4 aromatic rings. The van der Waals surface area contributed by atoms with Gasteiger partial charge >= 0.3 is 0 Å². The molecule has 0 fully saturated rings. The molecule has 0 aliphatic carbocycles. The minimum atomic E-state index is -0.0692. The molecule has 0 unspecified atom stereocenters. The van der Waals surface area contributed by atoms with Gasteiger partial charge in [0.05, 0.1) is 16.8 Å². The van der Waals surface area contributed by atoms with Gasteiger partial charge in [0.2, 0.25) is 5.91 Å². The maximum absolute atomic E-state index is 12.4.